The second-order valence-electron chi connectivity index (χ2n) is 7.80. The summed E-state index contributed by atoms with van der Waals surface area (Å²) in [6.45, 7) is 3.10. The van der Waals surface area contributed by atoms with Crippen LogP contribution in [-0.4, -0.2) is 57.2 Å². The van der Waals surface area contributed by atoms with Crippen molar-refractivity contribution >= 4 is 17.2 Å². The molecule has 1 saturated heterocycles. The van der Waals surface area contributed by atoms with Crippen LogP contribution in [0.2, 0.25) is 0 Å². The summed E-state index contributed by atoms with van der Waals surface area (Å²) in [4.78, 5) is 17.2. The predicted molar refractivity (Wildman–Crippen MR) is 107 cm³/mol. The van der Waals surface area contributed by atoms with Crippen LogP contribution in [0.1, 0.15) is 59.0 Å². The molecule has 0 radical (unpaired) electrons. The average molecular weight is 414 g/mol. The molecule has 1 saturated carbocycles. The minimum Gasteiger partial charge on any atom is -0.459 e. The number of hydrogen-bond acceptors (Lipinski definition) is 6. The van der Waals surface area contributed by atoms with Crippen molar-refractivity contribution in [3.05, 3.63) is 52.4 Å². The van der Waals surface area contributed by atoms with Crippen LogP contribution >= 0.6 is 11.3 Å². The van der Waals surface area contributed by atoms with Gasteiger partial charge in [0.05, 0.1) is 43.4 Å². The fourth-order valence-corrected chi connectivity index (χ4v) is 5.49. The van der Waals surface area contributed by atoms with Gasteiger partial charge in [0.25, 0.3) is 5.91 Å². The molecule has 1 aliphatic heterocycles. The Hall–Kier alpha value is -2.52. The predicted octanol–water partition coefficient (Wildman–Crippen LogP) is 1.57. The lowest BCUT2D eigenvalue weighted by atomic mass is 10.1. The van der Waals surface area contributed by atoms with E-state index in [1.165, 1.54) is 22.6 Å². The number of carbonyl (C=O) groups is 1. The van der Waals surface area contributed by atoms with Gasteiger partial charge in [0, 0.05) is 0 Å². The zero-order valence-corrected chi connectivity index (χ0v) is 17.1. The lowest BCUT2D eigenvalue weighted by Crippen LogP contribution is -3.15. The number of quaternary nitrogens is 1. The van der Waals surface area contributed by atoms with E-state index in [1.807, 2.05) is 4.90 Å². The van der Waals surface area contributed by atoms with Gasteiger partial charge in [-0.3, -0.25) is 4.79 Å². The molecule has 1 atom stereocenters. The molecule has 2 aliphatic rings. The number of hydrogen-bond donors (Lipinski definition) is 1. The summed E-state index contributed by atoms with van der Waals surface area (Å²) in [5.74, 6) is 1.34. The molecule has 0 unspecified atom stereocenters. The molecule has 9 heteroatoms. The number of carbonyl (C=O) groups excluding carboxylic acids is 1. The molecule has 3 aromatic heterocycles. The van der Waals surface area contributed by atoms with Crippen LogP contribution in [0.25, 0.3) is 0 Å². The van der Waals surface area contributed by atoms with Gasteiger partial charge in [0.2, 0.25) is 5.82 Å². The Balaban J connectivity index is 1.37. The van der Waals surface area contributed by atoms with Gasteiger partial charge in [-0.05, 0) is 46.8 Å². The van der Waals surface area contributed by atoms with Gasteiger partial charge >= 0.3 is 0 Å². The SMILES string of the molecule is O=C(c1ccco1)N1CC[NH+]([C@@H](c2cccs2)c2nnnn2C2CCCC2)CC1. The molecular formula is C20H25N6O2S+. The smallest absolute Gasteiger partial charge is 0.289 e. The van der Waals surface area contributed by atoms with Crippen LogP contribution in [0.15, 0.2) is 40.3 Å². The van der Waals surface area contributed by atoms with Crippen LogP contribution in [0.3, 0.4) is 0 Å². The first-order valence-corrected chi connectivity index (χ1v) is 11.2. The molecule has 1 amide bonds. The molecule has 1 N–H and O–H groups in total. The van der Waals surface area contributed by atoms with E-state index in [0.717, 1.165) is 31.8 Å². The van der Waals surface area contributed by atoms with Crippen LogP contribution < -0.4 is 4.90 Å². The lowest BCUT2D eigenvalue weighted by molar-refractivity contribution is -0.929. The quantitative estimate of drug-likeness (QED) is 0.687. The zero-order valence-electron chi connectivity index (χ0n) is 16.2. The molecule has 4 heterocycles. The van der Waals surface area contributed by atoms with Crippen molar-refractivity contribution in [2.75, 3.05) is 26.2 Å². The van der Waals surface area contributed by atoms with Crippen LogP contribution in [0.5, 0.6) is 0 Å². The number of thiophene rings is 1. The molecule has 8 nitrogen and oxygen atoms in total. The summed E-state index contributed by atoms with van der Waals surface area (Å²) in [7, 11) is 0. The Labute approximate surface area is 173 Å². The molecular weight excluding hydrogens is 388 g/mol. The number of aromatic nitrogens is 4. The maximum absolute atomic E-state index is 12.6. The number of nitrogens with zero attached hydrogens (tertiary/aromatic N) is 5. The van der Waals surface area contributed by atoms with Crippen molar-refractivity contribution in [2.24, 2.45) is 0 Å². The van der Waals surface area contributed by atoms with Gasteiger partial charge in [-0.2, -0.15) is 0 Å². The highest BCUT2D eigenvalue weighted by Crippen LogP contribution is 2.32. The van der Waals surface area contributed by atoms with E-state index in [1.54, 1.807) is 29.7 Å². The zero-order chi connectivity index (χ0) is 19.6. The van der Waals surface area contributed by atoms with Crippen molar-refractivity contribution < 1.29 is 14.1 Å². The summed E-state index contributed by atoms with van der Waals surface area (Å²) < 4.78 is 7.36. The molecule has 3 aromatic rings. The molecule has 0 aromatic carbocycles. The summed E-state index contributed by atoms with van der Waals surface area (Å²) >= 11 is 1.75. The number of piperazine rings is 1. The largest absolute Gasteiger partial charge is 0.459 e. The van der Waals surface area contributed by atoms with Gasteiger partial charge in [0.1, 0.15) is 0 Å². The first-order valence-electron chi connectivity index (χ1n) is 10.3. The number of tetrazole rings is 1. The van der Waals surface area contributed by atoms with Gasteiger partial charge in [0.15, 0.2) is 11.8 Å². The van der Waals surface area contributed by atoms with Gasteiger partial charge in [-0.1, -0.05) is 18.9 Å². The van der Waals surface area contributed by atoms with Crippen molar-refractivity contribution in [1.82, 2.24) is 25.1 Å². The summed E-state index contributed by atoms with van der Waals surface area (Å²) in [6, 6.07) is 8.26. The number of furan rings is 1. The molecule has 152 valence electrons. The van der Waals surface area contributed by atoms with Crippen LogP contribution in [-0.2, 0) is 0 Å². The number of nitrogens with one attached hydrogen (secondary N) is 1. The van der Waals surface area contributed by atoms with E-state index in [0.29, 0.717) is 24.9 Å². The fraction of sp³-hybridized carbons (Fsp3) is 0.500. The minimum absolute atomic E-state index is 0.0301. The topological polar surface area (TPSA) is 81.5 Å². The first kappa shape index (κ1) is 18.5. The lowest BCUT2D eigenvalue weighted by Gasteiger charge is -2.35. The molecule has 1 aliphatic carbocycles. The molecule has 0 spiro atoms. The Morgan fingerprint density at radius 1 is 1.21 bits per heavy atom. The van der Waals surface area contributed by atoms with Crippen molar-refractivity contribution in [3.8, 4) is 0 Å². The van der Waals surface area contributed by atoms with Crippen LogP contribution in [0, 0.1) is 0 Å². The van der Waals surface area contributed by atoms with E-state index < -0.39 is 0 Å². The number of rotatable bonds is 5. The number of amides is 1. The van der Waals surface area contributed by atoms with Crippen molar-refractivity contribution in [3.63, 3.8) is 0 Å². The second kappa shape index (κ2) is 8.08. The maximum Gasteiger partial charge on any atom is 0.289 e. The Kier molecular flexibility index (Phi) is 5.15. The van der Waals surface area contributed by atoms with E-state index in [9.17, 15) is 4.79 Å². The van der Waals surface area contributed by atoms with Crippen molar-refractivity contribution in [2.45, 2.75) is 37.8 Å². The highest BCUT2D eigenvalue weighted by Gasteiger charge is 2.37. The normalized spacial score (nSPS) is 19.7. The second-order valence-corrected chi connectivity index (χ2v) is 8.78. The monoisotopic (exact) mass is 413 g/mol. The third kappa shape index (κ3) is 3.60. The molecule has 5 rings (SSSR count). The average Bonchev–Trinajstić information content (AvgIpc) is 3.56. The van der Waals surface area contributed by atoms with E-state index >= 15 is 0 Å². The Bertz CT molecular complexity index is 924. The highest BCUT2D eigenvalue weighted by atomic mass is 32.1. The van der Waals surface area contributed by atoms with Gasteiger partial charge < -0.3 is 14.2 Å². The van der Waals surface area contributed by atoms with Crippen molar-refractivity contribution in [1.29, 1.82) is 0 Å². The van der Waals surface area contributed by atoms with E-state index in [2.05, 4.69) is 37.7 Å². The third-order valence-electron chi connectivity index (χ3n) is 6.11. The fourth-order valence-electron chi connectivity index (χ4n) is 4.61. The van der Waals surface area contributed by atoms with Gasteiger partial charge in [-0.25, -0.2) is 4.68 Å². The molecule has 0 bridgehead atoms. The minimum atomic E-state index is -0.0301. The highest BCUT2D eigenvalue weighted by molar-refractivity contribution is 7.10. The summed E-state index contributed by atoms with van der Waals surface area (Å²) in [5, 5.41) is 15.0. The van der Waals surface area contributed by atoms with Gasteiger partial charge in [-0.15, -0.1) is 16.4 Å². The van der Waals surface area contributed by atoms with E-state index in [-0.39, 0.29) is 11.9 Å². The van der Waals surface area contributed by atoms with E-state index in [4.69, 9.17) is 4.42 Å². The first-order chi connectivity index (χ1) is 14.3. The summed E-state index contributed by atoms with van der Waals surface area (Å²) in [6.07, 6.45) is 6.33. The maximum atomic E-state index is 12.6. The Morgan fingerprint density at radius 3 is 2.72 bits per heavy atom. The standard InChI is InChI=1S/C20H24N6O2S/c27-20(16-7-3-13-28-16)25-11-9-24(10-12-25)18(17-8-4-14-29-17)19-21-22-23-26(19)15-5-1-2-6-15/h3-4,7-8,13-15,18H,1-2,5-6,9-12H2/p+1/t18-/m0/s1. The third-order valence-corrected chi connectivity index (χ3v) is 7.04. The molecule has 2 fully saturated rings. The Morgan fingerprint density at radius 2 is 2.03 bits per heavy atom. The summed E-state index contributed by atoms with van der Waals surface area (Å²) in [5.41, 5.74) is 0. The molecule has 29 heavy (non-hydrogen) atoms. The van der Waals surface area contributed by atoms with Crippen LogP contribution in [0.4, 0.5) is 0 Å².